The molecule has 0 aromatic heterocycles. The van der Waals surface area contributed by atoms with E-state index in [2.05, 4.69) is 0 Å². The van der Waals surface area contributed by atoms with E-state index in [1.807, 2.05) is 13.8 Å². The molecule has 148 valence electrons. The molecule has 27 heavy (non-hydrogen) atoms. The van der Waals surface area contributed by atoms with Crippen LogP contribution in [0.5, 0.6) is 0 Å². The van der Waals surface area contributed by atoms with Crippen LogP contribution in [0, 0.1) is 11.7 Å². The van der Waals surface area contributed by atoms with Gasteiger partial charge in [-0.25, -0.2) is 9.18 Å². The van der Waals surface area contributed by atoms with E-state index in [9.17, 15) is 18.8 Å². The molecule has 1 aliphatic heterocycles. The maximum Gasteiger partial charge on any atom is 0.409 e. The fourth-order valence-electron chi connectivity index (χ4n) is 2.54. The lowest BCUT2D eigenvalue weighted by molar-refractivity contribution is -0.129. The highest BCUT2D eigenvalue weighted by Crippen LogP contribution is 2.23. The van der Waals surface area contributed by atoms with Gasteiger partial charge in [-0.15, -0.1) is 11.8 Å². The van der Waals surface area contributed by atoms with E-state index < -0.39 is 5.82 Å². The van der Waals surface area contributed by atoms with Crippen LogP contribution < -0.4 is 0 Å². The van der Waals surface area contributed by atoms with E-state index in [1.165, 1.54) is 19.1 Å². The smallest absolute Gasteiger partial charge is 0.409 e. The highest BCUT2D eigenvalue weighted by Gasteiger charge is 2.25. The highest BCUT2D eigenvalue weighted by molar-refractivity contribution is 8.00. The summed E-state index contributed by atoms with van der Waals surface area (Å²) in [6.07, 6.45) is -0.349. The van der Waals surface area contributed by atoms with E-state index in [0.717, 1.165) is 11.8 Å². The summed E-state index contributed by atoms with van der Waals surface area (Å²) < 4.78 is 19.2. The Morgan fingerprint density at radius 3 is 2.33 bits per heavy atom. The molecule has 0 N–H and O–H groups in total. The number of ketones is 1. The van der Waals surface area contributed by atoms with Crippen molar-refractivity contribution >= 4 is 29.5 Å². The third-order valence-electron chi connectivity index (χ3n) is 4.12. The summed E-state index contributed by atoms with van der Waals surface area (Å²) in [6.45, 7) is 7.41. The first-order chi connectivity index (χ1) is 12.8. The molecule has 0 aliphatic carbocycles. The Labute approximate surface area is 163 Å². The van der Waals surface area contributed by atoms with Crippen LogP contribution in [0.25, 0.3) is 0 Å². The van der Waals surface area contributed by atoms with Crippen molar-refractivity contribution in [1.82, 2.24) is 9.80 Å². The maximum atomic E-state index is 14.0. The van der Waals surface area contributed by atoms with Gasteiger partial charge in [-0.2, -0.15) is 0 Å². The molecule has 1 aromatic carbocycles. The fraction of sp³-hybridized carbons (Fsp3) is 0.526. The lowest BCUT2D eigenvalue weighted by Crippen LogP contribution is -2.51. The number of rotatable bonds is 6. The van der Waals surface area contributed by atoms with Crippen LogP contribution in [0.4, 0.5) is 9.18 Å². The van der Waals surface area contributed by atoms with Gasteiger partial charge in [0.25, 0.3) is 0 Å². The first-order valence-corrected chi connectivity index (χ1v) is 9.89. The van der Waals surface area contributed by atoms with Gasteiger partial charge in [-0.3, -0.25) is 9.59 Å². The van der Waals surface area contributed by atoms with Crippen LogP contribution in [-0.4, -0.2) is 66.1 Å². The number of amides is 2. The molecule has 8 heteroatoms. The van der Waals surface area contributed by atoms with Crippen LogP contribution >= 0.6 is 11.8 Å². The number of halogens is 1. The first kappa shape index (κ1) is 21.2. The normalized spacial score (nSPS) is 14.4. The van der Waals surface area contributed by atoms with Crippen LogP contribution in [0.1, 0.15) is 31.1 Å². The van der Waals surface area contributed by atoms with Gasteiger partial charge < -0.3 is 14.5 Å². The number of thioether (sulfide) groups is 1. The molecule has 2 amide bonds. The van der Waals surface area contributed by atoms with Gasteiger partial charge in [0, 0.05) is 36.6 Å². The summed E-state index contributed by atoms with van der Waals surface area (Å²) >= 11 is 1.10. The Balaban J connectivity index is 1.79. The summed E-state index contributed by atoms with van der Waals surface area (Å²) in [5.74, 6) is -0.428. The van der Waals surface area contributed by atoms with Crippen molar-refractivity contribution in [3.63, 3.8) is 0 Å². The van der Waals surface area contributed by atoms with E-state index in [4.69, 9.17) is 4.74 Å². The first-order valence-electron chi connectivity index (χ1n) is 8.90. The number of nitrogens with zero attached hydrogens (tertiary/aromatic N) is 2. The number of hydrogen-bond donors (Lipinski definition) is 0. The molecule has 1 fully saturated rings. The Morgan fingerprint density at radius 2 is 1.78 bits per heavy atom. The molecular formula is C19H25FN2O4S. The third kappa shape index (κ3) is 6.23. The van der Waals surface area contributed by atoms with E-state index in [1.54, 1.807) is 15.9 Å². The lowest BCUT2D eigenvalue weighted by Gasteiger charge is -2.34. The van der Waals surface area contributed by atoms with Crippen molar-refractivity contribution in [3.8, 4) is 0 Å². The minimum atomic E-state index is -0.502. The van der Waals surface area contributed by atoms with Crippen LogP contribution in [0.3, 0.4) is 0 Å². The van der Waals surface area contributed by atoms with Gasteiger partial charge in [0.2, 0.25) is 5.91 Å². The van der Waals surface area contributed by atoms with Gasteiger partial charge in [0.05, 0.1) is 12.4 Å². The quantitative estimate of drug-likeness (QED) is 0.546. The molecule has 1 aromatic rings. The highest BCUT2D eigenvalue weighted by atomic mass is 32.2. The van der Waals surface area contributed by atoms with Crippen LogP contribution in [0.2, 0.25) is 0 Å². The van der Waals surface area contributed by atoms with Crippen molar-refractivity contribution < 1.29 is 23.5 Å². The monoisotopic (exact) mass is 396 g/mol. The Hall–Kier alpha value is -2.09. The zero-order valence-electron chi connectivity index (χ0n) is 15.9. The van der Waals surface area contributed by atoms with Gasteiger partial charge in [0.15, 0.2) is 5.78 Å². The second-order valence-electron chi connectivity index (χ2n) is 6.83. The van der Waals surface area contributed by atoms with Crippen molar-refractivity contribution in [1.29, 1.82) is 0 Å². The Morgan fingerprint density at radius 1 is 1.15 bits per heavy atom. The second-order valence-corrected chi connectivity index (χ2v) is 7.85. The lowest BCUT2D eigenvalue weighted by atomic mass is 10.1. The topological polar surface area (TPSA) is 66.9 Å². The SMILES string of the molecule is CC(=O)c1ccc(SCC(=O)N2CCN(C(=O)OCC(C)C)CC2)c(F)c1. The molecule has 1 heterocycles. The average Bonchev–Trinajstić information content (AvgIpc) is 2.64. The maximum absolute atomic E-state index is 14.0. The predicted octanol–water partition coefficient (Wildman–Crippen LogP) is 3.06. The molecule has 0 spiro atoms. The minimum Gasteiger partial charge on any atom is -0.449 e. The summed E-state index contributed by atoms with van der Waals surface area (Å²) in [6, 6.07) is 4.27. The van der Waals surface area contributed by atoms with E-state index in [-0.39, 0.29) is 29.5 Å². The zero-order chi connectivity index (χ0) is 20.0. The molecular weight excluding hydrogens is 371 g/mol. The van der Waals surface area contributed by atoms with Crippen molar-refractivity contribution in [2.24, 2.45) is 5.92 Å². The molecule has 0 unspecified atom stereocenters. The van der Waals surface area contributed by atoms with Crippen molar-refractivity contribution in [3.05, 3.63) is 29.6 Å². The summed E-state index contributed by atoms with van der Waals surface area (Å²) in [5.41, 5.74) is 0.309. The number of ether oxygens (including phenoxy) is 1. The number of piperazine rings is 1. The third-order valence-corrected chi connectivity index (χ3v) is 5.15. The van der Waals surface area contributed by atoms with Crippen LogP contribution in [0.15, 0.2) is 23.1 Å². The molecule has 2 rings (SSSR count). The Kier molecular flexibility index (Phi) is 7.65. The number of hydrogen-bond acceptors (Lipinski definition) is 5. The van der Waals surface area contributed by atoms with Gasteiger partial charge in [-0.05, 0) is 25.0 Å². The van der Waals surface area contributed by atoms with Gasteiger partial charge in [0.1, 0.15) is 5.82 Å². The van der Waals surface area contributed by atoms with Crippen LogP contribution in [-0.2, 0) is 9.53 Å². The van der Waals surface area contributed by atoms with Gasteiger partial charge >= 0.3 is 6.09 Å². The summed E-state index contributed by atoms with van der Waals surface area (Å²) in [5, 5.41) is 0. The molecule has 0 saturated carbocycles. The zero-order valence-corrected chi connectivity index (χ0v) is 16.7. The predicted molar refractivity (Wildman–Crippen MR) is 101 cm³/mol. The second kappa shape index (κ2) is 9.73. The number of Topliss-reactive ketones (excluding diaryl/α,β-unsaturated/α-hetero) is 1. The standard InChI is InChI=1S/C19H25FN2O4S/c1-13(2)11-26-19(25)22-8-6-21(7-9-22)18(24)12-27-17-5-4-15(14(3)23)10-16(17)20/h4-5,10,13H,6-9,11-12H2,1-3H3. The largest absolute Gasteiger partial charge is 0.449 e. The van der Waals surface area contributed by atoms with Gasteiger partial charge in [-0.1, -0.05) is 19.9 Å². The Bertz CT molecular complexity index is 703. The minimum absolute atomic E-state index is 0.105. The number of carbonyl (C=O) groups is 3. The molecule has 0 bridgehead atoms. The number of benzene rings is 1. The molecule has 0 atom stereocenters. The van der Waals surface area contributed by atoms with E-state index >= 15 is 0 Å². The molecule has 6 nitrogen and oxygen atoms in total. The number of carbonyl (C=O) groups excluding carboxylic acids is 3. The summed E-state index contributed by atoms with van der Waals surface area (Å²) in [4.78, 5) is 39.1. The molecule has 1 aliphatic rings. The van der Waals surface area contributed by atoms with Crippen molar-refractivity contribution in [2.75, 3.05) is 38.5 Å². The fourth-order valence-corrected chi connectivity index (χ4v) is 3.36. The van der Waals surface area contributed by atoms with Crippen molar-refractivity contribution in [2.45, 2.75) is 25.7 Å². The summed E-state index contributed by atoms with van der Waals surface area (Å²) in [7, 11) is 0. The molecule has 1 saturated heterocycles. The average molecular weight is 396 g/mol. The van der Waals surface area contributed by atoms with E-state index in [0.29, 0.717) is 43.2 Å². The molecule has 0 radical (unpaired) electrons.